The Bertz CT molecular complexity index is 822. The molecule has 0 bridgehead atoms. The highest BCUT2D eigenvalue weighted by molar-refractivity contribution is 6.07. The second kappa shape index (κ2) is 9.58. The fourth-order valence-electron chi connectivity index (χ4n) is 3.24. The summed E-state index contributed by atoms with van der Waals surface area (Å²) in [5, 5.41) is 15.5. The van der Waals surface area contributed by atoms with Crippen molar-refractivity contribution in [3.05, 3.63) is 57.6 Å². The first-order valence-corrected chi connectivity index (χ1v) is 10.1. The Morgan fingerprint density at radius 3 is 2.32 bits per heavy atom. The summed E-state index contributed by atoms with van der Waals surface area (Å²) in [7, 11) is 0. The minimum Gasteiger partial charge on any atom is -0.618 e. The van der Waals surface area contributed by atoms with Crippen molar-refractivity contribution in [2.75, 3.05) is 11.9 Å². The van der Waals surface area contributed by atoms with Crippen LogP contribution in [0.25, 0.3) is 0 Å². The van der Waals surface area contributed by atoms with Gasteiger partial charge in [-0.25, -0.2) is 0 Å². The minimum atomic E-state index is -0.308. The first-order chi connectivity index (χ1) is 13.3. The van der Waals surface area contributed by atoms with Crippen LogP contribution in [0.15, 0.2) is 24.3 Å². The molecule has 2 rings (SSSR count). The molecule has 5 heteroatoms. The number of aryl methyl sites for hydroxylation is 3. The molecule has 0 unspecified atom stereocenters. The van der Waals surface area contributed by atoms with Gasteiger partial charge in [-0.1, -0.05) is 45.9 Å². The number of nitrogens with zero attached hydrogens (tertiary/aromatic N) is 1. The van der Waals surface area contributed by atoms with E-state index in [1.807, 2.05) is 18.2 Å². The number of para-hydroxylation sites is 1. The Kier molecular flexibility index (Phi) is 7.44. The molecule has 1 aromatic carbocycles. The minimum absolute atomic E-state index is 0.303. The van der Waals surface area contributed by atoms with E-state index in [1.165, 1.54) is 0 Å². The molecule has 1 amide bonds. The monoisotopic (exact) mass is 384 g/mol. The number of nitrogens with one attached hydrogen (secondary N) is 1. The number of carbonyl (C=O) groups is 1. The van der Waals surface area contributed by atoms with Crippen molar-refractivity contribution in [2.45, 2.75) is 60.8 Å². The van der Waals surface area contributed by atoms with Gasteiger partial charge in [0.1, 0.15) is 11.3 Å². The lowest BCUT2D eigenvalue weighted by molar-refractivity contribution is -0.619. The third-order valence-electron chi connectivity index (χ3n) is 4.99. The average molecular weight is 385 g/mol. The summed E-state index contributed by atoms with van der Waals surface area (Å²) < 4.78 is 6.71. The highest BCUT2D eigenvalue weighted by Crippen LogP contribution is 2.27. The molecular formula is C23H32N2O3. The molecule has 5 nitrogen and oxygen atoms in total. The van der Waals surface area contributed by atoms with Gasteiger partial charge in [0.15, 0.2) is 5.69 Å². The fraction of sp³-hybridized carbons (Fsp3) is 0.478. The van der Waals surface area contributed by atoms with E-state index in [-0.39, 0.29) is 5.91 Å². The average Bonchev–Trinajstić information content (AvgIpc) is 2.66. The maximum atomic E-state index is 13.2. The number of pyridine rings is 1. The number of amides is 1. The molecule has 0 radical (unpaired) electrons. The summed E-state index contributed by atoms with van der Waals surface area (Å²) in [5.41, 5.74) is 4.16. The van der Waals surface area contributed by atoms with Crippen LogP contribution in [-0.2, 0) is 12.8 Å². The van der Waals surface area contributed by atoms with Crippen LogP contribution in [0, 0.1) is 25.0 Å². The van der Waals surface area contributed by atoms with E-state index in [9.17, 15) is 10.0 Å². The van der Waals surface area contributed by atoms with Crippen LogP contribution < -0.4 is 14.8 Å². The lowest BCUT2D eigenvalue weighted by Crippen LogP contribution is -2.37. The quantitative estimate of drug-likeness (QED) is 0.528. The molecule has 0 fully saturated rings. The van der Waals surface area contributed by atoms with Crippen LogP contribution in [0.1, 0.15) is 67.0 Å². The molecule has 28 heavy (non-hydrogen) atoms. The van der Waals surface area contributed by atoms with Gasteiger partial charge in [-0.3, -0.25) is 4.79 Å². The van der Waals surface area contributed by atoms with Crippen molar-refractivity contribution < 1.29 is 14.3 Å². The molecule has 1 N–H and O–H groups in total. The lowest BCUT2D eigenvalue weighted by Gasteiger charge is -2.18. The number of hydrogen-bond acceptors (Lipinski definition) is 3. The predicted octanol–water partition coefficient (Wildman–Crippen LogP) is 4.74. The summed E-state index contributed by atoms with van der Waals surface area (Å²) >= 11 is 0. The molecule has 0 saturated heterocycles. The van der Waals surface area contributed by atoms with Gasteiger partial charge < -0.3 is 15.3 Å². The number of ether oxygens (including phenoxy) is 1. The first kappa shape index (κ1) is 21.7. The summed E-state index contributed by atoms with van der Waals surface area (Å²) in [6.45, 7) is 12.3. The molecule has 0 aliphatic heterocycles. The van der Waals surface area contributed by atoms with Crippen molar-refractivity contribution in [3.8, 4) is 5.75 Å². The molecule has 0 aliphatic rings. The number of benzene rings is 1. The first-order valence-electron chi connectivity index (χ1n) is 10.1. The van der Waals surface area contributed by atoms with E-state index >= 15 is 0 Å². The standard InChI is InChI=1S/C23H32N2O3/c1-7-18-10-9-11-19(8-2)22(18)24-23(26)21-17(6)25(27)16(5)14-20(21)28-13-12-15(3)4/h9-11,14-15H,7-8,12-13H2,1-6H3,(H,24,26). The van der Waals surface area contributed by atoms with Crippen LogP contribution in [0.3, 0.4) is 0 Å². The topological polar surface area (TPSA) is 65.3 Å². The molecule has 0 aliphatic carbocycles. The third kappa shape index (κ3) is 4.83. The van der Waals surface area contributed by atoms with Crippen LogP contribution in [0.2, 0.25) is 0 Å². The van der Waals surface area contributed by atoms with Crippen LogP contribution in [0.4, 0.5) is 5.69 Å². The van der Waals surface area contributed by atoms with Gasteiger partial charge in [0, 0.05) is 25.6 Å². The zero-order chi connectivity index (χ0) is 20.8. The summed E-state index contributed by atoms with van der Waals surface area (Å²) in [6.07, 6.45) is 2.51. The highest BCUT2D eigenvalue weighted by atomic mass is 16.5. The maximum Gasteiger partial charge on any atom is 0.265 e. The van der Waals surface area contributed by atoms with Crippen molar-refractivity contribution >= 4 is 11.6 Å². The van der Waals surface area contributed by atoms with Gasteiger partial charge in [-0.05, 0) is 36.3 Å². The fourth-order valence-corrected chi connectivity index (χ4v) is 3.24. The van der Waals surface area contributed by atoms with Gasteiger partial charge >= 0.3 is 0 Å². The van der Waals surface area contributed by atoms with Crippen molar-refractivity contribution in [2.24, 2.45) is 5.92 Å². The number of rotatable bonds is 8. The number of aromatic nitrogens is 1. The largest absolute Gasteiger partial charge is 0.618 e. The van der Waals surface area contributed by atoms with Crippen molar-refractivity contribution in [3.63, 3.8) is 0 Å². The SMILES string of the molecule is CCc1cccc(CC)c1NC(=O)c1c(OCCC(C)C)cc(C)[n+]([O-])c1C. The van der Waals surface area contributed by atoms with Crippen LogP contribution >= 0.6 is 0 Å². The maximum absolute atomic E-state index is 13.2. The van der Waals surface area contributed by atoms with Crippen molar-refractivity contribution in [1.82, 2.24) is 0 Å². The van der Waals surface area contributed by atoms with E-state index in [1.54, 1.807) is 19.9 Å². The normalized spacial score (nSPS) is 11.0. The van der Waals surface area contributed by atoms with E-state index in [0.29, 0.717) is 35.2 Å². The molecule has 0 saturated carbocycles. The second-order valence-electron chi connectivity index (χ2n) is 7.55. The van der Waals surface area contributed by atoms with Crippen LogP contribution in [-0.4, -0.2) is 12.5 Å². The lowest BCUT2D eigenvalue weighted by atomic mass is 10.0. The number of hydrogen-bond donors (Lipinski definition) is 1. The Morgan fingerprint density at radius 2 is 1.79 bits per heavy atom. The molecule has 152 valence electrons. The zero-order valence-electron chi connectivity index (χ0n) is 17.9. The summed E-state index contributed by atoms with van der Waals surface area (Å²) in [6, 6.07) is 7.70. The molecule has 0 spiro atoms. The molecular weight excluding hydrogens is 352 g/mol. The molecule has 1 aromatic heterocycles. The summed E-state index contributed by atoms with van der Waals surface area (Å²) in [5.74, 6) is 0.653. The van der Waals surface area contributed by atoms with E-state index < -0.39 is 0 Å². The highest BCUT2D eigenvalue weighted by Gasteiger charge is 2.25. The van der Waals surface area contributed by atoms with Crippen molar-refractivity contribution in [1.29, 1.82) is 0 Å². The predicted molar refractivity (Wildman–Crippen MR) is 113 cm³/mol. The van der Waals surface area contributed by atoms with E-state index in [2.05, 4.69) is 33.0 Å². The second-order valence-corrected chi connectivity index (χ2v) is 7.55. The van der Waals surface area contributed by atoms with Gasteiger partial charge in [-0.2, -0.15) is 4.73 Å². The van der Waals surface area contributed by atoms with Gasteiger partial charge in [0.05, 0.1) is 6.61 Å². The van der Waals surface area contributed by atoms with Crippen LogP contribution in [0.5, 0.6) is 5.75 Å². The van der Waals surface area contributed by atoms with Gasteiger partial charge in [-0.15, -0.1) is 0 Å². The molecule has 1 heterocycles. The Balaban J connectivity index is 2.43. The third-order valence-corrected chi connectivity index (χ3v) is 4.99. The summed E-state index contributed by atoms with van der Waals surface area (Å²) in [4.78, 5) is 13.2. The van der Waals surface area contributed by atoms with E-state index in [0.717, 1.165) is 40.8 Å². The van der Waals surface area contributed by atoms with E-state index in [4.69, 9.17) is 4.74 Å². The smallest absolute Gasteiger partial charge is 0.265 e. The Morgan fingerprint density at radius 1 is 1.18 bits per heavy atom. The molecule has 2 aromatic rings. The number of anilines is 1. The zero-order valence-corrected chi connectivity index (χ0v) is 17.9. The van der Waals surface area contributed by atoms with Gasteiger partial charge in [0.2, 0.25) is 5.69 Å². The van der Waals surface area contributed by atoms with Gasteiger partial charge in [0.25, 0.3) is 5.91 Å². The Labute approximate surface area is 168 Å². The Hall–Kier alpha value is -2.56. The molecule has 0 atom stereocenters. The number of carbonyl (C=O) groups excluding carboxylic acids is 1.